The zero-order valence-corrected chi connectivity index (χ0v) is 14.3. The molecule has 2 aromatic carbocycles. The number of hydrogen-bond acceptors (Lipinski definition) is 7. The monoisotopic (exact) mass is 370 g/mol. The summed E-state index contributed by atoms with van der Waals surface area (Å²) < 4.78 is 34.6. The molecule has 0 aliphatic carbocycles. The van der Waals surface area contributed by atoms with Crippen LogP contribution in [-0.2, 0) is 29.6 Å². The van der Waals surface area contributed by atoms with Crippen molar-refractivity contribution in [2.45, 2.75) is 11.9 Å². The third-order valence-electron chi connectivity index (χ3n) is 3.67. The molecule has 0 spiro atoms. The van der Waals surface area contributed by atoms with E-state index in [0.29, 0.717) is 16.7 Å². The van der Waals surface area contributed by atoms with Crippen LogP contribution < -0.4 is 5.73 Å². The van der Waals surface area contributed by atoms with Gasteiger partial charge in [-0.15, -0.1) is 0 Å². The molecule has 132 valence electrons. The van der Waals surface area contributed by atoms with E-state index in [4.69, 9.17) is 19.9 Å². The Morgan fingerprint density at radius 1 is 1.12 bits per heavy atom. The topological polar surface area (TPSA) is 119 Å². The van der Waals surface area contributed by atoms with E-state index in [1.807, 2.05) is 6.07 Å². The van der Waals surface area contributed by atoms with Gasteiger partial charge in [0.25, 0.3) is 0 Å². The van der Waals surface area contributed by atoms with Crippen molar-refractivity contribution in [3.63, 3.8) is 0 Å². The van der Waals surface area contributed by atoms with Crippen molar-refractivity contribution in [1.29, 1.82) is 5.26 Å². The zero-order valence-electron chi connectivity index (χ0n) is 13.5. The van der Waals surface area contributed by atoms with Gasteiger partial charge in [-0.1, -0.05) is 42.5 Å². The lowest BCUT2D eigenvalue weighted by Gasteiger charge is -2.09. The number of Topliss-reactive ketones (excluding diaryl/α,β-unsaturated/α-hetero) is 1. The standard InChI is InChI=1S/C18H14N2O5S/c19-10-12-6-8-14(9-7-12)16-15(21)17(18(20)24-16)25-26(22,23)11-13-4-2-1-3-5-13/h1-9,16H,11,20H2. The van der Waals surface area contributed by atoms with Crippen LogP contribution in [-0.4, -0.2) is 14.2 Å². The fraction of sp³-hybridized carbons (Fsp3) is 0.111. The third-order valence-corrected chi connectivity index (χ3v) is 4.78. The fourth-order valence-electron chi connectivity index (χ4n) is 2.44. The largest absolute Gasteiger partial charge is 0.460 e. The second-order valence-electron chi connectivity index (χ2n) is 5.56. The predicted octanol–water partition coefficient (Wildman–Crippen LogP) is 1.87. The molecule has 0 bridgehead atoms. The molecule has 1 unspecified atom stereocenters. The van der Waals surface area contributed by atoms with Crippen molar-refractivity contribution >= 4 is 15.9 Å². The summed E-state index contributed by atoms with van der Waals surface area (Å²) in [5, 5.41) is 8.82. The third kappa shape index (κ3) is 3.68. The number of ether oxygens (including phenoxy) is 1. The average Bonchev–Trinajstić information content (AvgIpc) is 2.90. The summed E-state index contributed by atoms with van der Waals surface area (Å²) in [6.45, 7) is 0. The summed E-state index contributed by atoms with van der Waals surface area (Å²) in [5.74, 6) is -2.01. The van der Waals surface area contributed by atoms with E-state index in [1.54, 1.807) is 30.3 Å². The Morgan fingerprint density at radius 2 is 1.77 bits per heavy atom. The Hall–Kier alpha value is -3.31. The van der Waals surface area contributed by atoms with Crippen molar-refractivity contribution in [3.05, 3.63) is 82.9 Å². The van der Waals surface area contributed by atoms with Crippen LogP contribution in [0.2, 0.25) is 0 Å². The molecule has 1 aliphatic heterocycles. The molecule has 0 amide bonds. The van der Waals surface area contributed by atoms with Crippen LogP contribution in [0.5, 0.6) is 0 Å². The highest BCUT2D eigenvalue weighted by molar-refractivity contribution is 7.86. The first-order valence-electron chi connectivity index (χ1n) is 7.56. The molecule has 2 aromatic rings. The SMILES string of the molecule is N#Cc1ccc(C2OC(N)=C(OS(=O)(=O)Cc3ccccc3)C2=O)cc1. The quantitative estimate of drug-likeness (QED) is 0.798. The number of carbonyl (C=O) groups is 1. The lowest BCUT2D eigenvalue weighted by molar-refractivity contribution is -0.123. The molecule has 1 heterocycles. The van der Waals surface area contributed by atoms with Gasteiger partial charge in [-0.2, -0.15) is 13.7 Å². The molecular formula is C18H14N2O5S. The fourth-order valence-corrected chi connectivity index (χ4v) is 3.52. The molecule has 0 fully saturated rings. The van der Waals surface area contributed by atoms with Gasteiger partial charge >= 0.3 is 10.1 Å². The minimum absolute atomic E-state index is 0.388. The number of hydrogen-bond donors (Lipinski definition) is 1. The number of nitriles is 1. The maximum absolute atomic E-state index is 12.5. The zero-order chi connectivity index (χ0) is 18.7. The van der Waals surface area contributed by atoms with Crippen molar-refractivity contribution in [2.75, 3.05) is 0 Å². The number of carbonyl (C=O) groups excluding carboxylic acids is 1. The molecule has 0 aromatic heterocycles. The van der Waals surface area contributed by atoms with Gasteiger partial charge in [0.15, 0.2) is 6.10 Å². The highest BCUT2D eigenvalue weighted by Crippen LogP contribution is 2.32. The van der Waals surface area contributed by atoms with Crippen LogP contribution in [0.15, 0.2) is 66.2 Å². The minimum Gasteiger partial charge on any atom is -0.460 e. The van der Waals surface area contributed by atoms with E-state index in [-0.39, 0.29) is 5.88 Å². The summed E-state index contributed by atoms with van der Waals surface area (Å²) in [6, 6.07) is 16.5. The van der Waals surface area contributed by atoms with E-state index >= 15 is 0 Å². The number of nitrogens with zero attached hydrogens (tertiary/aromatic N) is 1. The van der Waals surface area contributed by atoms with Gasteiger partial charge in [0.05, 0.1) is 11.6 Å². The van der Waals surface area contributed by atoms with Crippen LogP contribution in [0.1, 0.15) is 22.8 Å². The Balaban J connectivity index is 1.77. The van der Waals surface area contributed by atoms with Crippen LogP contribution in [0.4, 0.5) is 0 Å². The van der Waals surface area contributed by atoms with Crippen molar-refractivity contribution in [2.24, 2.45) is 5.73 Å². The van der Waals surface area contributed by atoms with E-state index in [2.05, 4.69) is 0 Å². The van der Waals surface area contributed by atoms with Gasteiger partial charge in [0.1, 0.15) is 5.75 Å². The Labute approximate surface area is 150 Å². The smallest absolute Gasteiger partial charge is 0.313 e. The van der Waals surface area contributed by atoms with Gasteiger partial charge in [0, 0.05) is 5.56 Å². The Morgan fingerprint density at radius 3 is 2.38 bits per heavy atom. The molecule has 0 saturated heterocycles. The van der Waals surface area contributed by atoms with Gasteiger partial charge in [-0.3, -0.25) is 4.79 Å². The maximum Gasteiger partial charge on any atom is 0.313 e. The first-order valence-corrected chi connectivity index (χ1v) is 9.14. The number of ketones is 1. The van der Waals surface area contributed by atoms with Crippen LogP contribution >= 0.6 is 0 Å². The molecular weight excluding hydrogens is 356 g/mol. The summed E-state index contributed by atoms with van der Waals surface area (Å²) >= 11 is 0. The molecule has 3 rings (SSSR count). The Kier molecular flexibility index (Phi) is 4.65. The number of nitrogens with two attached hydrogens (primary N) is 1. The molecule has 2 N–H and O–H groups in total. The van der Waals surface area contributed by atoms with Gasteiger partial charge in [-0.05, 0) is 17.7 Å². The highest BCUT2D eigenvalue weighted by Gasteiger charge is 2.39. The summed E-state index contributed by atoms with van der Waals surface area (Å²) in [7, 11) is -4.08. The number of rotatable bonds is 5. The molecule has 0 saturated carbocycles. The van der Waals surface area contributed by atoms with E-state index in [1.165, 1.54) is 24.3 Å². The molecule has 0 radical (unpaired) electrons. The summed E-state index contributed by atoms with van der Waals surface area (Å²) in [5.41, 5.74) is 7.02. The normalized spacial score (nSPS) is 16.9. The second kappa shape index (κ2) is 6.90. The van der Waals surface area contributed by atoms with Gasteiger partial charge in [-0.25, -0.2) is 0 Å². The minimum atomic E-state index is -4.08. The molecule has 1 aliphatic rings. The summed E-state index contributed by atoms with van der Waals surface area (Å²) in [4.78, 5) is 12.5. The first-order chi connectivity index (χ1) is 12.4. The molecule has 7 nitrogen and oxygen atoms in total. The molecule has 26 heavy (non-hydrogen) atoms. The van der Waals surface area contributed by atoms with Crippen molar-refractivity contribution in [1.82, 2.24) is 0 Å². The number of benzene rings is 2. The van der Waals surface area contributed by atoms with Crippen LogP contribution in [0.3, 0.4) is 0 Å². The van der Waals surface area contributed by atoms with Crippen LogP contribution in [0.25, 0.3) is 0 Å². The van der Waals surface area contributed by atoms with Gasteiger partial charge < -0.3 is 14.7 Å². The van der Waals surface area contributed by atoms with Gasteiger partial charge in [0.2, 0.25) is 17.4 Å². The average molecular weight is 370 g/mol. The van der Waals surface area contributed by atoms with Crippen LogP contribution in [0, 0.1) is 11.3 Å². The first kappa shape index (κ1) is 17.5. The van der Waals surface area contributed by atoms with E-state index < -0.39 is 33.5 Å². The molecule has 8 heteroatoms. The van der Waals surface area contributed by atoms with Crippen molar-refractivity contribution < 1.29 is 22.1 Å². The second-order valence-corrected chi connectivity index (χ2v) is 7.13. The van der Waals surface area contributed by atoms with E-state index in [9.17, 15) is 13.2 Å². The van der Waals surface area contributed by atoms with Crippen molar-refractivity contribution in [3.8, 4) is 6.07 Å². The lowest BCUT2D eigenvalue weighted by Crippen LogP contribution is -2.16. The maximum atomic E-state index is 12.5. The Bertz CT molecular complexity index is 1010. The van der Waals surface area contributed by atoms with E-state index in [0.717, 1.165) is 0 Å². The molecule has 1 atom stereocenters. The highest BCUT2D eigenvalue weighted by atomic mass is 32.2. The lowest BCUT2D eigenvalue weighted by atomic mass is 10.0. The predicted molar refractivity (Wildman–Crippen MR) is 91.4 cm³/mol. The summed E-state index contributed by atoms with van der Waals surface area (Å²) in [6.07, 6.45) is -1.11.